The quantitative estimate of drug-likeness (QED) is 0.569. The first-order valence-corrected chi connectivity index (χ1v) is 8.61. The minimum absolute atomic E-state index is 0.227. The third-order valence-corrected chi connectivity index (χ3v) is 4.48. The summed E-state index contributed by atoms with van der Waals surface area (Å²) in [5.41, 5.74) is 5.29. The number of imidazole rings is 1. The van der Waals surface area contributed by atoms with Gasteiger partial charge >= 0.3 is 0 Å². The summed E-state index contributed by atoms with van der Waals surface area (Å²) in [5.74, 6) is -0.166. The van der Waals surface area contributed by atoms with Crippen LogP contribution in [-0.2, 0) is 6.54 Å². The van der Waals surface area contributed by atoms with Crippen LogP contribution in [0.15, 0.2) is 61.1 Å². The highest BCUT2D eigenvalue weighted by Crippen LogP contribution is 2.30. The second kappa shape index (κ2) is 7.07. The highest BCUT2D eigenvalue weighted by Gasteiger charge is 2.15. The van der Waals surface area contributed by atoms with E-state index >= 15 is 0 Å². The van der Waals surface area contributed by atoms with Crippen molar-refractivity contribution in [2.24, 2.45) is 0 Å². The Labute approximate surface area is 156 Å². The van der Waals surface area contributed by atoms with Gasteiger partial charge in [0.1, 0.15) is 0 Å². The van der Waals surface area contributed by atoms with Gasteiger partial charge in [0.2, 0.25) is 0 Å². The molecule has 1 aromatic carbocycles. The Morgan fingerprint density at radius 1 is 1.15 bits per heavy atom. The van der Waals surface area contributed by atoms with Crippen LogP contribution in [0.5, 0.6) is 5.75 Å². The average molecular weight is 362 g/mol. The lowest BCUT2D eigenvalue weighted by Crippen LogP contribution is -2.01. The van der Waals surface area contributed by atoms with Crippen LogP contribution in [0.25, 0.3) is 16.9 Å². The zero-order chi connectivity index (χ0) is 18.8. The SMILES string of the molecule is COc1ccc(-c2c(C)nc3c(NCc4ccncc4)cccn23)cc1F. The highest BCUT2D eigenvalue weighted by atomic mass is 19.1. The molecular weight excluding hydrogens is 343 g/mol. The van der Waals surface area contributed by atoms with E-state index in [1.54, 1.807) is 18.5 Å². The summed E-state index contributed by atoms with van der Waals surface area (Å²) in [7, 11) is 1.46. The fourth-order valence-corrected chi connectivity index (χ4v) is 3.18. The molecule has 3 heterocycles. The number of methoxy groups -OCH3 is 1. The predicted octanol–water partition coefficient (Wildman–Crippen LogP) is 4.46. The van der Waals surface area contributed by atoms with Gasteiger partial charge < -0.3 is 10.1 Å². The molecule has 0 bridgehead atoms. The number of nitrogens with zero attached hydrogens (tertiary/aromatic N) is 3. The number of ether oxygens (including phenoxy) is 1. The van der Waals surface area contributed by atoms with Crippen molar-refractivity contribution in [2.75, 3.05) is 12.4 Å². The topological polar surface area (TPSA) is 51.5 Å². The van der Waals surface area contributed by atoms with Crippen LogP contribution in [0.1, 0.15) is 11.3 Å². The van der Waals surface area contributed by atoms with Crippen molar-refractivity contribution >= 4 is 11.3 Å². The number of pyridine rings is 2. The average Bonchev–Trinajstić information content (AvgIpc) is 3.03. The van der Waals surface area contributed by atoms with E-state index in [1.165, 1.54) is 13.2 Å². The summed E-state index contributed by atoms with van der Waals surface area (Å²) in [4.78, 5) is 8.74. The largest absolute Gasteiger partial charge is 0.494 e. The second-order valence-electron chi connectivity index (χ2n) is 6.22. The number of rotatable bonds is 5. The van der Waals surface area contributed by atoms with Gasteiger partial charge in [-0.2, -0.15) is 0 Å². The van der Waals surface area contributed by atoms with Crippen molar-refractivity contribution in [3.63, 3.8) is 0 Å². The van der Waals surface area contributed by atoms with Crippen LogP contribution in [0, 0.1) is 12.7 Å². The van der Waals surface area contributed by atoms with Crippen molar-refractivity contribution in [3.8, 4) is 17.0 Å². The first-order valence-electron chi connectivity index (χ1n) is 8.61. The highest BCUT2D eigenvalue weighted by molar-refractivity contribution is 5.75. The van der Waals surface area contributed by atoms with Crippen molar-refractivity contribution in [3.05, 3.63) is 78.1 Å². The van der Waals surface area contributed by atoms with Crippen molar-refractivity contribution in [1.29, 1.82) is 0 Å². The molecule has 0 amide bonds. The minimum atomic E-state index is -0.392. The molecular formula is C21H19FN4O. The van der Waals surface area contributed by atoms with Gasteiger partial charge in [-0.3, -0.25) is 9.38 Å². The summed E-state index contributed by atoms with van der Waals surface area (Å²) in [6, 6.07) is 12.8. The first-order chi connectivity index (χ1) is 13.2. The van der Waals surface area contributed by atoms with Crippen LogP contribution in [-0.4, -0.2) is 21.5 Å². The van der Waals surface area contributed by atoms with Gasteiger partial charge in [-0.25, -0.2) is 9.37 Å². The summed E-state index contributed by atoms with van der Waals surface area (Å²) in [6.45, 7) is 2.59. The third kappa shape index (κ3) is 3.21. The van der Waals surface area contributed by atoms with Crippen LogP contribution < -0.4 is 10.1 Å². The number of benzene rings is 1. The van der Waals surface area contributed by atoms with E-state index in [9.17, 15) is 4.39 Å². The zero-order valence-electron chi connectivity index (χ0n) is 15.1. The van der Waals surface area contributed by atoms with Gasteiger partial charge in [-0.15, -0.1) is 0 Å². The predicted molar refractivity (Wildman–Crippen MR) is 103 cm³/mol. The Hall–Kier alpha value is -3.41. The van der Waals surface area contributed by atoms with E-state index in [0.717, 1.165) is 33.8 Å². The standard InChI is InChI=1S/C21H19FN4O/c1-14-20(16-5-6-19(27-2)17(22)12-16)26-11-3-4-18(21(26)25-14)24-13-15-7-9-23-10-8-15/h3-12,24H,13H2,1-2H3. The molecule has 1 N–H and O–H groups in total. The molecule has 0 radical (unpaired) electrons. The molecule has 0 atom stereocenters. The maximum absolute atomic E-state index is 14.2. The van der Waals surface area contributed by atoms with E-state index in [4.69, 9.17) is 9.72 Å². The van der Waals surface area contributed by atoms with Gasteiger partial charge in [0.05, 0.1) is 24.2 Å². The fraction of sp³-hybridized carbons (Fsp3) is 0.143. The molecule has 0 aliphatic carbocycles. The molecule has 136 valence electrons. The van der Waals surface area contributed by atoms with Crippen LogP contribution in [0.3, 0.4) is 0 Å². The van der Waals surface area contributed by atoms with Gasteiger partial charge in [-0.05, 0) is 55.0 Å². The molecule has 0 aliphatic rings. The molecule has 0 aliphatic heterocycles. The maximum Gasteiger partial charge on any atom is 0.165 e. The number of anilines is 1. The number of aryl methyl sites for hydroxylation is 1. The number of hydrogen-bond acceptors (Lipinski definition) is 4. The molecule has 27 heavy (non-hydrogen) atoms. The third-order valence-electron chi connectivity index (χ3n) is 4.48. The van der Waals surface area contributed by atoms with E-state index in [0.29, 0.717) is 6.54 Å². The van der Waals surface area contributed by atoms with Gasteiger partial charge in [0, 0.05) is 30.7 Å². The van der Waals surface area contributed by atoms with Crippen molar-refractivity contribution < 1.29 is 9.13 Å². The van der Waals surface area contributed by atoms with Crippen LogP contribution >= 0.6 is 0 Å². The van der Waals surface area contributed by atoms with Crippen LogP contribution in [0.2, 0.25) is 0 Å². The fourth-order valence-electron chi connectivity index (χ4n) is 3.18. The van der Waals surface area contributed by atoms with Crippen molar-refractivity contribution in [1.82, 2.24) is 14.4 Å². The molecule has 0 saturated carbocycles. The number of halogens is 1. The molecule has 0 saturated heterocycles. The molecule has 3 aromatic heterocycles. The summed E-state index contributed by atoms with van der Waals surface area (Å²) >= 11 is 0. The second-order valence-corrected chi connectivity index (χ2v) is 6.22. The smallest absolute Gasteiger partial charge is 0.165 e. The first kappa shape index (κ1) is 17.0. The normalized spacial score (nSPS) is 10.9. The van der Waals surface area contributed by atoms with Gasteiger partial charge in [0.15, 0.2) is 17.2 Å². The van der Waals surface area contributed by atoms with E-state index in [-0.39, 0.29) is 5.75 Å². The van der Waals surface area contributed by atoms with E-state index in [2.05, 4.69) is 10.3 Å². The maximum atomic E-state index is 14.2. The molecule has 0 fully saturated rings. The van der Waals surface area contributed by atoms with Gasteiger partial charge in [-0.1, -0.05) is 0 Å². The summed E-state index contributed by atoms with van der Waals surface area (Å²) in [6.07, 6.45) is 5.48. The minimum Gasteiger partial charge on any atom is -0.494 e. The molecule has 0 spiro atoms. The van der Waals surface area contributed by atoms with E-state index in [1.807, 2.05) is 47.9 Å². The number of fused-ring (bicyclic) bond motifs is 1. The Morgan fingerprint density at radius 3 is 2.70 bits per heavy atom. The number of aromatic nitrogens is 3. The monoisotopic (exact) mass is 362 g/mol. The molecule has 4 rings (SSSR count). The van der Waals surface area contributed by atoms with Crippen molar-refractivity contribution in [2.45, 2.75) is 13.5 Å². The molecule has 6 heteroatoms. The van der Waals surface area contributed by atoms with E-state index < -0.39 is 5.82 Å². The Bertz CT molecular complexity index is 1090. The molecule has 5 nitrogen and oxygen atoms in total. The van der Waals surface area contributed by atoms with Crippen LogP contribution in [0.4, 0.5) is 10.1 Å². The Kier molecular flexibility index (Phi) is 4.46. The number of hydrogen-bond donors (Lipinski definition) is 1. The Morgan fingerprint density at radius 2 is 1.96 bits per heavy atom. The molecule has 0 unspecified atom stereocenters. The Balaban J connectivity index is 1.73. The summed E-state index contributed by atoms with van der Waals surface area (Å²) < 4.78 is 21.2. The molecule has 4 aromatic rings. The zero-order valence-corrected chi connectivity index (χ0v) is 15.1. The van der Waals surface area contributed by atoms with Gasteiger partial charge in [0.25, 0.3) is 0 Å². The summed E-state index contributed by atoms with van der Waals surface area (Å²) in [5, 5.41) is 3.42. The lowest BCUT2D eigenvalue weighted by Gasteiger charge is -2.09. The number of nitrogens with one attached hydrogen (secondary N) is 1. The lowest BCUT2D eigenvalue weighted by molar-refractivity contribution is 0.386. The lowest BCUT2D eigenvalue weighted by atomic mass is 10.1.